The summed E-state index contributed by atoms with van der Waals surface area (Å²) in [4.78, 5) is 11.3. The first kappa shape index (κ1) is 10.7. The van der Waals surface area contributed by atoms with Crippen LogP contribution in [0.2, 0.25) is 0 Å². The predicted octanol–water partition coefficient (Wildman–Crippen LogP) is -0.586. The van der Waals surface area contributed by atoms with Gasteiger partial charge in [-0.2, -0.15) is 0 Å². The van der Waals surface area contributed by atoms with E-state index in [1.54, 1.807) is 12.1 Å². The van der Waals surface area contributed by atoms with Gasteiger partial charge in [0, 0.05) is 0 Å². The zero-order chi connectivity index (χ0) is 11.7. The summed E-state index contributed by atoms with van der Waals surface area (Å²) in [5.41, 5.74) is 0.987. The number of rotatable bonds is 1. The van der Waals surface area contributed by atoms with Gasteiger partial charge >= 0.3 is 98.8 Å². The summed E-state index contributed by atoms with van der Waals surface area (Å²) in [5.74, 6) is -0.664. The van der Waals surface area contributed by atoms with Gasteiger partial charge in [0.15, 0.2) is 0 Å². The van der Waals surface area contributed by atoms with Gasteiger partial charge in [-0.1, -0.05) is 0 Å². The molecule has 1 heterocycles. The Morgan fingerprint density at radius 2 is 1.94 bits per heavy atom. The SMILES string of the molecule is O=C1NC(=[Se])NC1=Cc1ccc(O)c(O)c1. The number of hydrogen-bond donors (Lipinski definition) is 4. The van der Waals surface area contributed by atoms with Gasteiger partial charge in [0.25, 0.3) is 0 Å². The van der Waals surface area contributed by atoms with E-state index in [9.17, 15) is 9.90 Å². The Morgan fingerprint density at radius 1 is 1.19 bits per heavy atom. The van der Waals surface area contributed by atoms with E-state index in [2.05, 4.69) is 26.2 Å². The molecule has 0 saturated carbocycles. The molecule has 0 atom stereocenters. The fourth-order valence-corrected chi connectivity index (χ4v) is 1.70. The first-order chi connectivity index (χ1) is 7.56. The molecule has 0 radical (unpaired) electrons. The first-order valence-corrected chi connectivity index (χ1v) is 5.28. The van der Waals surface area contributed by atoms with Crippen molar-refractivity contribution < 1.29 is 15.0 Å². The summed E-state index contributed by atoms with van der Waals surface area (Å²) in [6, 6.07) is 4.32. The maximum atomic E-state index is 11.3. The molecule has 1 saturated heterocycles. The second kappa shape index (κ2) is 4.00. The number of phenols is 2. The Kier molecular flexibility index (Phi) is 2.68. The van der Waals surface area contributed by atoms with Crippen molar-refractivity contribution in [3.63, 3.8) is 0 Å². The predicted molar refractivity (Wildman–Crippen MR) is 59.8 cm³/mol. The minimum absolute atomic E-state index is 0.193. The molecule has 1 fully saturated rings. The van der Waals surface area contributed by atoms with Gasteiger partial charge in [-0.25, -0.2) is 0 Å². The molecule has 0 aromatic heterocycles. The van der Waals surface area contributed by atoms with Crippen LogP contribution in [0.25, 0.3) is 6.08 Å². The molecule has 0 spiro atoms. The summed E-state index contributed by atoms with van der Waals surface area (Å²) in [6.07, 6.45) is 1.57. The number of hydrogen-bond acceptors (Lipinski definition) is 4. The standard InChI is InChI=1S/C10H8N2O3Se/c13-7-2-1-5(4-8(7)14)3-6-9(15)12-10(16)11-6/h1-4,13-14H,(H2,11,12,15,16). The summed E-state index contributed by atoms with van der Waals surface area (Å²) in [7, 11) is 0. The van der Waals surface area contributed by atoms with Crippen LogP contribution in [-0.4, -0.2) is 36.4 Å². The number of aromatic hydroxyl groups is 2. The third-order valence-electron chi connectivity index (χ3n) is 2.03. The molecular formula is C10H8N2O3Se. The number of carbonyl (C=O) groups excluding carboxylic acids is 1. The van der Waals surface area contributed by atoms with Crippen molar-refractivity contribution in [2.75, 3.05) is 0 Å². The monoisotopic (exact) mass is 284 g/mol. The van der Waals surface area contributed by atoms with E-state index in [0.717, 1.165) is 0 Å². The van der Waals surface area contributed by atoms with E-state index in [4.69, 9.17) is 5.11 Å². The number of benzene rings is 1. The third kappa shape index (κ3) is 2.08. The van der Waals surface area contributed by atoms with Crippen LogP contribution in [0.15, 0.2) is 23.9 Å². The van der Waals surface area contributed by atoms with Crippen LogP contribution in [0, 0.1) is 0 Å². The van der Waals surface area contributed by atoms with Gasteiger partial charge in [-0.05, 0) is 0 Å². The average Bonchev–Trinajstić information content (AvgIpc) is 2.51. The Labute approximate surface area is 99.1 Å². The molecule has 6 heteroatoms. The molecule has 82 valence electrons. The van der Waals surface area contributed by atoms with Gasteiger partial charge in [0.2, 0.25) is 0 Å². The van der Waals surface area contributed by atoms with Crippen LogP contribution in [0.1, 0.15) is 5.56 Å². The van der Waals surface area contributed by atoms with Crippen LogP contribution in [0.3, 0.4) is 0 Å². The van der Waals surface area contributed by atoms with Crippen molar-refractivity contribution in [2.24, 2.45) is 0 Å². The molecule has 0 unspecified atom stereocenters. The fraction of sp³-hybridized carbons (Fsp3) is 0. The van der Waals surface area contributed by atoms with Gasteiger partial charge in [-0.15, -0.1) is 0 Å². The van der Waals surface area contributed by atoms with Crippen molar-refractivity contribution >= 4 is 32.2 Å². The summed E-state index contributed by atoms with van der Waals surface area (Å²) < 4.78 is 0.541. The van der Waals surface area contributed by atoms with E-state index in [1.165, 1.54) is 12.1 Å². The van der Waals surface area contributed by atoms with Crippen molar-refractivity contribution in [3.8, 4) is 11.5 Å². The summed E-state index contributed by atoms with van der Waals surface area (Å²) in [6.45, 7) is 0. The first-order valence-electron chi connectivity index (χ1n) is 4.42. The quantitative estimate of drug-likeness (QED) is 0.315. The Morgan fingerprint density at radius 3 is 2.50 bits per heavy atom. The number of phenolic OH excluding ortho intramolecular Hbond substituents is 2. The van der Waals surface area contributed by atoms with Crippen molar-refractivity contribution in [2.45, 2.75) is 0 Å². The van der Waals surface area contributed by atoms with E-state index in [-0.39, 0.29) is 17.4 Å². The molecule has 1 aromatic carbocycles. The molecule has 5 nitrogen and oxygen atoms in total. The van der Waals surface area contributed by atoms with Gasteiger partial charge in [0.1, 0.15) is 0 Å². The molecule has 4 N–H and O–H groups in total. The zero-order valence-corrected chi connectivity index (χ0v) is 9.73. The molecule has 2 rings (SSSR count). The summed E-state index contributed by atoms with van der Waals surface area (Å²) >= 11 is 2.65. The van der Waals surface area contributed by atoms with Crippen LogP contribution in [0.5, 0.6) is 11.5 Å². The Balaban J connectivity index is 2.32. The second-order valence-electron chi connectivity index (χ2n) is 3.21. The molecule has 1 aliphatic heterocycles. The molecule has 1 aromatic rings. The number of nitrogens with one attached hydrogen (secondary N) is 2. The van der Waals surface area contributed by atoms with Crippen LogP contribution in [0.4, 0.5) is 0 Å². The molecular weight excluding hydrogens is 275 g/mol. The topological polar surface area (TPSA) is 81.6 Å². The Bertz CT molecular complexity index is 511. The molecule has 16 heavy (non-hydrogen) atoms. The van der Waals surface area contributed by atoms with Crippen LogP contribution >= 0.6 is 0 Å². The van der Waals surface area contributed by atoms with Crippen molar-refractivity contribution in [3.05, 3.63) is 29.5 Å². The van der Waals surface area contributed by atoms with Crippen molar-refractivity contribution in [1.29, 1.82) is 0 Å². The normalized spacial score (nSPS) is 17.4. The molecule has 0 bridgehead atoms. The van der Waals surface area contributed by atoms with E-state index >= 15 is 0 Å². The van der Waals surface area contributed by atoms with Gasteiger partial charge in [-0.3, -0.25) is 0 Å². The summed E-state index contributed by atoms with van der Waals surface area (Å²) in [5, 5.41) is 23.8. The van der Waals surface area contributed by atoms with E-state index in [1.807, 2.05) is 0 Å². The number of amides is 1. The third-order valence-corrected chi connectivity index (χ3v) is 2.46. The Hall–Kier alpha value is -1.78. The second-order valence-corrected chi connectivity index (χ2v) is 4.07. The van der Waals surface area contributed by atoms with Gasteiger partial charge in [0.05, 0.1) is 0 Å². The number of carbonyl (C=O) groups is 1. The molecule has 0 aliphatic carbocycles. The minimum atomic E-state index is -0.249. The van der Waals surface area contributed by atoms with Crippen LogP contribution in [-0.2, 0) is 4.79 Å². The van der Waals surface area contributed by atoms with Gasteiger partial charge < -0.3 is 0 Å². The maximum absolute atomic E-state index is 11.3. The molecule has 1 aliphatic rings. The van der Waals surface area contributed by atoms with E-state index in [0.29, 0.717) is 15.9 Å². The van der Waals surface area contributed by atoms with Crippen LogP contribution < -0.4 is 10.6 Å². The average molecular weight is 283 g/mol. The zero-order valence-electron chi connectivity index (χ0n) is 8.02. The molecule has 1 amide bonds. The fourth-order valence-electron chi connectivity index (χ4n) is 1.28. The van der Waals surface area contributed by atoms with Crippen molar-refractivity contribution in [1.82, 2.24) is 10.6 Å². The van der Waals surface area contributed by atoms with E-state index < -0.39 is 0 Å².